The summed E-state index contributed by atoms with van der Waals surface area (Å²) < 4.78 is 14.1. The van der Waals surface area contributed by atoms with Gasteiger partial charge in [-0.1, -0.05) is 31.0 Å². The third kappa shape index (κ3) is 4.68. The maximum atomic E-state index is 14.1. The topological polar surface area (TPSA) is 61.4 Å². The van der Waals surface area contributed by atoms with E-state index in [2.05, 4.69) is 10.6 Å². The number of nitrogens with one attached hydrogen (secondary N) is 2. The monoisotopic (exact) mass is 321 g/mol. The molecule has 0 aliphatic heterocycles. The summed E-state index contributed by atoms with van der Waals surface area (Å²) in [7, 11) is 3.26. The lowest BCUT2D eigenvalue weighted by Crippen LogP contribution is -2.44. The van der Waals surface area contributed by atoms with E-state index in [9.17, 15) is 14.0 Å². The van der Waals surface area contributed by atoms with Gasteiger partial charge in [-0.2, -0.15) is 0 Å². The number of amides is 3. The number of urea groups is 1. The molecule has 23 heavy (non-hydrogen) atoms. The van der Waals surface area contributed by atoms with Crippen LogP contribution in [0.3, 0.4) is 0 Å². The summed E-state index contributed by atoms with van der Waals surface area (Å²) in [6, 6.07) is 5.72. The fourth-order valence-electron chi connectivity index (χ4n) is 2.97. The Hall–Kier alpha value is -2.11. The summed E-state index contributed by atoms with van der Waals surface area (Å²) in [5, 5.41) is 5.39. The Morgan fingerprint density at radius 2 is 1.91 bits per heavy atom. The fraction of sp³-hybridized carbons (Fsp3) is 0.529. The van der Waals surface area contributed by atoms with Crippen LogP contribution in [0.15, 0.2) is 24.3 Å². The molecule has 126 valence electrons. The summed E-state index contributed by atoms with van der Waals surface area (Å²) in [4.78, 5) is 25.1. The van der Waals surface area contributed by atoms with Crippen molar-refractivity contribution in [2.75, 3.05) is 20.6 Å². The van der Waals surface area contributed by atoms with Crippen molar-refractivity contribution in [1.82, 2.24) is 15.5 Å². The molecule has 3 amide bonds. The Morgan fingerprint density at radius 3 is 2.52 bits per heavy atom. The zero-order valence-corrected chi connectivity index (χ0v) is 13.6. The molecule has 0 bridgehead atoms. The van der Waals surface area contributed by atoms with Gasteiger partial charge in [-0.15, -0.1) is 0 Å². The number of carbonyl (C=O) groups excluding carboxylic acids is 2. The van der Waals surface area contributed by atoms with Gasteiger partial charge in [0.15, 0.2) is 0 Å². The smallest absolute Gasteiger partial charge is 0.315 e. The first-order valence-electron chi connectivity index (χ1n) is 7.98. The predicted octanol–water partition coefficient (Wildman–Crippen LogP) is 2.44. The Kier molecular flexibility index (Phi) is 5.96. The Bertz CT molecular complexity index is 557. The molecular formula is C17H24FN3O2. The minimum atomic E-state index is -0.444. The molecule has 2 N–H and O–H groups in total. The van der Waals surface area contributed by atoms with Crippen LogP contribution in [-0.4, -0.2) is 37.5 Å². The van der Waals surface area contributed by atoms with Crippen molar-refractivity contribution < 1.29 is 14.0 Å². The third-order valence-electron chi connectivity index (χ3n) is 4.30. The molecular weight excluding hydrogens is 297 g/mol. The molecule has 1 aromatic carbocycles. The van der Waals surface area contributed by atoms with E-state index >= 15 is 0 Å². The second kappa shape index (κ2) is 7.94. The lowest BCUT2D eigenvalue weighted by molar-refractivity contribution is -0.127. The number of benzene rings is 1. The van der Waals surface area contributed by atoms with Crippen molar-refractivity contribution >= 4 is 11.9 Å². The molecule has 1 unspecified atom stereocenters. The molecule has 1 atom stereocenters. The van der Waals surface area contributed by atoms with E-state index in [1.807, 2.05) is 0 Å². The zero-order chi connectivity index (χ0) is 16.8. The number of halogens is 1. The molecule has 0 aromatic heterocycles. The van der Waals surface area contributed by atoms with Gasteiger partial charge < -0.3 is 15.5 Å². The lowest BCUT2D eigenvalue weighted by atomic mass is 9.91. The molecule has 1 aromatic rings. The Balaban J connectivity index is 2.05. The summed E-state index contributed by atoms with van der Waals surface area (Å²) in [5.41, 5.74) is 0.508. The maximum absolute atomic E-state index is 14.1. The molecule has 5 nitrogen and oxygen atoms in total. The highest BCUT2D eigenvalue weighted by Crippen LogP contribution is 2.36. The molecule has 6 heteroatoms. The van der Waals surface area contributed by atoms with E-state index in [0.29, 0.717) is 5.56 Å². The van der Waals surface area contributed by atoms with Crippen LogP contribution in [0.25, 0.3) is 0 Å². The number of likely N-dealkylation sites (N-methyl/N-ethyl adjacent to an activating group) is 1. The fourth-order valence-corrected chi connectivity index (χ4v) is 2.97. The van der Waals surface area contributed by atoms with Crippen LogP contribution >= 0.6 is 0 Å². The van der Waals surface area contributed by atoms with E-state index in [4.69, 9.17) is 0 Å². The molecule has 0 saturated heterocycles. The predicted molar refractivity (Wildman–Crippen MR) is 86.3 cm³/mol. The van der Waals surface area contributed by atoms with E-state index in [1.165, 1.54) is 11.0 Å². The van der Waals surface area contributed by atoms with Crippen LogP contribution in [0.2, 0.25) is 0 Å². The number of hydrogen-bond donors (Lipinski definition) is 2. The first-order chi connectivity index (χ1) is 11.0. The van der Waals surface area contributed by atoms with Gasteiger partial charge in [-0.25, -0.2) is 9.18 Å². The second-order valence-electron chi connectivity index (χ2n) is 6.16. The van der Waals surface area contributed by atoms with Crippen molar-refractivity contribution in [3.63, 3.8) is 0 Å². The average molecular weight is 321 g/mol. The average Bonchev–Trinajstić information content (AvgIpc) is 3.05. The normalized spacial score (nSPS) is 16.0. The number of nitrogens with zero attached hydrogens (tertiary/aromatic N) is 1. The van der Waals surface area contributed by atoms with Crippen LogP contribution in [0, 0.1) is 11.7 Å². The second-order valence-corrected chi connectivity index (χ2v) is 6.16. The third-order valence-corrected chi connectivity index (χ3v) is 4.30. The first-order valence-corrected chi connectivity index (χ1v) is 7.98. The van der Waals surface area contributed by atoms with Crippen molar-refractivity contribution in [3.05, 3.63) is 35.6 Å². The van der Waals surface area contributed by atoms with E-state index in [1.54, 1.807) is 32.3 Å². The van der Waals surface area contributed by atoms with Crippen LogP contribution in [0.4, 0.5) is 9.18 Å². The van der Waals surface area contributed by atoms with Crippen molar-refractivity contribution in [2.24, 2.45) is 5.92 Å². The summed E-state index contributed by atoms with van der Waals surface area (Å²) >= 11 is 0. The summed E-state index contributed by atoms with van der Waals surface area (Å²) in [6.07, 6.45) is 4.13. The summed E-state index contributed by atoms with van der Waals surface area (Å²) in [5.74, 6) is -0.278. The van der Waals surface area contributed by atoms with Gasteiger partial charge in [0, 0.05) is 19.7 Å². The van der Waals surface area contributed by atoms with E-state index < -0.39 is 6.03 Å². The molecule has 0 heterocycles. The van der Waals surface area contributed by atoms with Crippen LogP contribution in [0.1, 0.15) is 37.3 Å². The number of hydrogen-bond acceptors (Lipinski definition) is 2. The number of carbonyl (C=O) groups is 2. The van der Waals surface area contributed by atoms with Gasteiger partial charge in [0.05, 0.1) is 12.6 Å². The highest BCUT2D eigenvalue weighted by Gasteiger charge is 2.29. The van der Waals surface area contributed by atoms with Gasteiger partial charge >= 0.3 is 6.03 Å². The molecule has 1 fully saturated rings. The van der Waals surface area contributed by atoms with Crippen LogP contribution in [-0.2, 0) is 4.79 Å². The SMILES string of the molecule is CN(C)C(=O)CNC(=O)NC(c1ccccc1F)C1CCCC1. The van der Waals surface area contributed by atoms with Crippen molar-refractivity contribution in [1.29, 1.82) is 0 Å². The quantitative estimate of drug-likeness (QED) is 0.875. The van der Waals surface area contributed by atoms with Gasteiger partial charge in [0.1, 0.15) is 5.82 Å². The minimum absolute atomic E-state index is 0.0759. The van der Waals surface area contributed by atoms with Crippen molar-refractivity contribution in [3.8, 4) is 0 Å². The Morgan fingerprint density at radius 1 is 1.26 bits per heavy atom. The highest BCUT2D eigenvalue weighted by atomic mass is 19.1. The molecule has 0 spiro atoms. The Labute approximate surface area is 136 Å². The minimum Gasteiger partial charge on any atom is -0.347 e. The van der Waals surface area contributed by atoms with Gasteiger partial charge in [0.2, 0.25) is 5.91 Å². The van der Waals surface area contributed by atoms with Gasteiger partial charge in [-0.05, 0) is 24.8 Å². The molecule has 1 aliphatic rings. The standard InChI is InChI=1S/C17H24FN3O2/c1-21(2)15(22)11-19-17(23)20-16(12-7-3-4-8-12)13-9-5-6-10-14(13)18/h5-6,9-10,12,16H,3-4,7-8,11H2,1-2H3,(H2,19,20,23). The number of rotatable bonds is 5. The van der Waals surface area contributed by atoms with Crippen LogP contribution in [0.5, 0.6) is 0 Å². The largest absolute Gasteiger partial charge is 0.347 e. The van der Waals surface area contributed by atoms with E-state index in [-0.39, 0.29) is 30.2 Å². The van der Waals surface area contributed by atoms with E-state index in [0.717, 1.165) is 25.7 Å². The molecule has 1 saturated carbocycles. The van der Waals surface area contributed by atoms with Crippen LogP contribution < -0.4 is 10.6 Å². The summed E-state index contributed by atoms with van der Waals surface area (Å²) in [6.45, 7) is -0.0759. The van der Waals surface area contributed by atoms with Gasteiger partial charge in [0.25, 0.3) is 0 Å². The maximum Gasteiger partial charge on any atom is 0.315 e. The lowest BCUT2D eigenvalue weighted by Gasteiger charge is -2.26. The van der Waals surface area contributed by atoms with Crippen molar-refractivity contribution in [2.45, 2.75) is 31.7 Å². The molecule has 2 rings (SSSR count). The molecule has 1 aliphatic carbocycles. The first kappa shape index (κ1) is 17.2. The zero-order valence-electron chi connectivity index (χ0n) is 13.6. The highest BCUT2D eigenvalue weighted by molar-refractivity contribution is 5.83. The molecule has 0 radical (unpaired) electrons. The van der Waals surface area contributed by atoms with Gasteiger partial charge in [-0.3, -0.25) is 4.79 Å².